The molecule has 1 unspecified atom stereocenters. The van der Waals surface area contributed by atoms with Crippen molar-refractivity contribution >= 4 is 17.2 Å². The van der Waals surface area contributed by atoms with Crippen LogP contribution >= 0.6 is 0 Å². The zero-order valence-corrected chi connectivity index (χ0v) is 9.40. The first-order valence-electron chi connectivity index (χ1n) is 4.93. The number of Topliss-reactive ketones (excluding diaryl/α,β-unsaturated/α-hetero) is 1. The van der Waals surface area contributed by atoms with Gasteiger partial charge >= 0.3 is 0 Å². The Kier molecular flexibility index (Phi) is 4.05. The number of rotatable bonds is 5. The van der Waals surface area contributed by atoms with Gasteiger partial charge < -0.3 is 5.11 Å². The number of non-ortho nitro benzene ring substituents is 1. The van der Waals surface area contributed by atoms with E-state index in [1.165, 1.54) is 6.92 Å². The van der Waals surface area contributed by atoms with Gasteiger partial charge in [-0.2, -0.15) is 0 Å². The lowest BCUT2D eigenvalue weighted by Gasteiger charge is -2.09. The Morgan fingerprint density at radius 3 is 2.39 bits per heavy atom. The van der Waals surface area contributed by atoms with Crippen LogP contribution in [0, 0.1) is 20.2 Å². The van der Waals surface area contributed by atoms with Crippen molar-refractivity contribution in [2.45, 2.75) is 19.4 Å². The topological polar surface area (TPSA) is 124 Å². The molecule has 0 saturated heterocycles. The van der Waals surface area contributed by atoms with E-state index in [1.807, 2.05) is 0 Å². The van der Waals surface area contributed by atoms with Gasteiger partial charge in [-0.15, -0.1) is 0 Å². The molecule has 0 radical (unpaired) electrons. The van der Waals surface area contributed by atoms with E-state index in [0.29, 0.717) is 0 Å². The number of aliphatic hydroxyl groups is 1. The molecule has 0 aliphatic heterocycles. The molecule has 0 aliphatic rings. The van der Waals surface area contributed by atoms with Gasteiger partial charge in [0.25, 0.3) is 11.4 Å². The normalized spacial score (nSPS) is 11.9. The van der Waals surface area contributed by atoms with Crippen molar-refractivity contribution in [2.24, 2.45) is 0 Å². The summed E-state index contributed by atoms with van der Waals surface area (Å²) in [6, 6.07) is 2.90. The molecule has 0 fully saturated rings. The lowest BCUT2D eigenvalue weighted by atomic mass is 10.0. The number of carbonyl (C=O) groups is 1. The van der Waals surface area contributed by atoms with E-state index in [-0.39, 0.29) is 17.8 Å². The van der Waals surface area contributed by atoms with E-state index >= 15 is 0 Å². The Bertz CT molecular complexity index is 513. The lowest BCUT2D eigenvalue weighted by Crippen LogP contribution is -2.06. The minimum absolute atomic E-state index is 0.110. The number of ketones is 1. The van der Waals surface area contributed by atoms with E-state index in [4.69, 9.17) is 0 Å². The van der Waals surface area contributed by atoms with E-state index in [9.17, 15) is 30.1 Å². The highest BCUT2D eigenvalue weighted by molar-refractivity contribution is 5.76. The highest BCUT2D eigenvalue weighted by Gasteiger charge is 2.24. The molecule has 8 heteroatoms. The first kappa shape index (κ1) is 13.7. The molecule has 1 rings (SSSR count). The number of aliphatic hydroxyl groups excluding tert-OH is 1. The predicted molar refractivity (Wildman–Crippen MR) is 60.0 cm³/mol. The van der Waals surface area contributed by atoms with Gasteiger partial charge in [0.2, 0.25) is 0 Å². The average molecular weight is 254 g/mol. The molecule has 18 heavy (non-hydrogen) atoms. The third kappa shape index (κ3) is 3.08. The molecule has 0 amide bonds. The molecule has 0 aromatic heterocycles. The maximum absolute atomic E-state index is 10.8. The SMILES string of the molecule is CC(=O)CC(O)c1ccc([N+](=O)[O-])cc1[N+](=O)[O-]. The first-order valence-corrected chi connectivity index (χ1v) is 4.93. The molecule has 0 saturated carbocycles. The zero-order valence-electron chi connectivity index (χ0n) is 9.40. The summed E-state index contributed by atoms with van der Waals surface area (Å²) in [4.78, 5) is 30.5. The summed E-state index contributed by atoms with van der Waals surface area (Å²) in [5, 5.41) is 30.9. The summed E-state index contributed by atoms with van der Waals surface area (Å²) in [6.07, 6.45) is -1.62. The van der Waals surface area contributed by atoms with Crippen LogP contribution in [0.25, 0.3) is 0 Å². The monoisotopic (exact) mass is 254 g/mol. The molecular formula is C10H10N2O6. The van der Waals surface area contributed by atoms with Gasteiger partial charge in [0.1, 0.15) is 5.78 Å². The third-order valence-electron chi connectivity index (χ3n) is 2.26. The van der Waals surface area contributed by atoms with Crippen LogP contribution in [0.2, 0.25) is 0 Å². The Labute approximate surface area is 101 Å². The molecule has 0 bridgehead atoms. The molecule has 96 valence electrons. The van der Waals surface area contributed by atoms with Gasteiger partial charge in [-0.1, -0.05) is 0 Å². The quantitative estimate of drug-likeness (QED) is 0.627. The van der Waals surface area contributed by atoms with Crippen LogP contribution in [0.5, 0.6) is 0 Å². The van der Waals surface area contributed by atoms with Crippen LogP contribution < -0.4 is 0 Å². The summed E-state index contributed by atoms with van der Waals surface area (Å²) in [7, 11) is 0. The Morgan fingerprint density at radius 2 is 1.94 bits per heavy atom. The van der Waals surface area contributed by atoms with Crippen molar-refractivity contribution < 1.29 is 19.7 Å². The van der Waals surface area contributed by atoms with Crippen molar-refractivity contribution in [3.05, 3.63) is 44.0 Å². The van der Waals surface area contributed by atoms with Crippen molar-refractivity contribution in [1.82, 2.24) is 0 Å². The Balaban J connectivity index is 3.23. The average Bonchev–Trinajstić information content (AvgIpc) is 2.26. The summed E-state index contributed by atoms with van der Waals surface area (Å²) in [5.41, 5.74) is -1.13. The minimum Gasteiger partial charge on any atom is -0.388 e. The van der Waals surface area contributed by atoms with Crippen LogP contribution in [-0.2, 0) is 4.79 Å². The van der Waals surface area contributed by atoms with Gasteiger partial charge in [0.15, 0.2) is 0 Å². The maximum atomic E-state index is 10.8. The van der Waals surface area contributed by atoms with E-state index in [2.05, 4.69) is 0 Å². The van der Waals surface area contributed by atoms with Crippen molar-refractivity contribution in [1.29, 1.82) is 0 Å². The number of benzene rings is 1. The van der Waals surface area contributed by atoms with Crippen LogP contribution in [0.1, 0.15) is 25.0 Å². The molecule has 8 nitrogen and oxygen atoms in total. The fraction of sp³-hybridized carbons (Fsp3) is 0.300. The molecule has 1 N–H and O–H groups in total. The number of hydrogen-bond acceptors (Lipinski definition) is 6. The molecule has 0 heterocycles. The van der Waals surface area contributed by atoms with Crippen molar-refractivity contribution in [3.8, 4) is 0 Å². The summed E-state index contributed by atoms with van der Waals surface area (Å²) < 4.78 is 0. The smallest absolute Gasteiger partial charge is 0.282 e. The molecule has 1 aromatic rings. The number of nitrogens with zero attached hydrogens (tertiary/aromatic N) is 2. The highest BCUT2D eigenvalue weighted by Crippen LogP contribution is 2.30. The Morgan fingerprint density at radius 1 is 1.33 bits per heavy atom. The minimum atomic E-state index is -1.34. The van der Waals surface area contributed by atoms with Gasteiger partial charge in [0, 0.05) is 12.5 Å². The molecule has 0 spiro atoms. The van der Waals surface area contributed by atoms with E-state index in [1.54, 1.807) is 0 Å². The van der Waals surface area contributed by atoms with Crippen LogP contribution in [0.3, 0.4) is 0 Å². The van der Waals surface area contributed by atoms with E-state index in [0.717, 1.165) is 18.2 Å². The second-order valence-corrected chi connectivity index (χ2v) is 3.68. The van der Waals surface area contributed by atoms with Gasteiger partial charge in [-0.05, 0) is 13.0 Å². The fourth-order valence-corrected chi connectivity index (χ4v) is 1.47. The summed E-state index contributed by atoms with van der Waals surface area (Å²) >= 11 is 0. The first-order chi connectivity index (χ1) is 8.32. The molecular weight excluding hydrogens is 244 g/mol. The van der Waals surface area contributed by atoms with Gasteiger partial charge in [0.05, 0.1) is 27.6 Å². The van der Waals surface area contributed by atoms with Gasteiger partial charge in [-0.3, -0.25) is 25.0 Å². The maximum Gasteiger partial charge on any atom is 0.282 e. The van der Waals surface area contributed by atoms with Gasteiger partial charge in [-0.25, -0.2) is 0 Å². The molecule has 0 aliphatic carbocycles. The third-order valence-corrected chi connectivity index (χ3v) is 2.26. The van der Waals surface area contributed by atoms with E-state index < -0.39 is 27.3 Å². The lowest BCUT2D eigenvalue weighted by molar-refractivity contribution is -0.394. The number of nitro groups is 2. The second-order valence-electron chi connectivity index (χ2n) is 3.68. The summed E-state index contributed by atoms with van der Waals surface area (Å²) in [5.74, 6) is -0.338. The fourth-order valence-electron chi connectivity index (χ4n) is 1.47. The molecule has 1 atom stereocenters. The second kappa shape index (κ2) is 5.32. The number of hydrogen-bond donors (Lipinski definition) is 1. The number of nitro benzene ring substituents is 2. The van der Waals surface area contributed by atoms with Crippen molar-refractivity contribution in [2.75, 3.05) is 0 Å². The van der Waals surface area contributed by atoms with Crippen molar-refractivity contribution in [3.63, 3.8) is 0 Å². The molecule has 1 aromatic carbocycles. The van der Waals surface area contributed by atoms with Crippen LogP contribution in [0.4, 0.5) is 11.4 Å². The Hall–Kier alpha value is -2.35. The zero-order chi connectivity index (χ0) is 13.9. The standard InChI is InChI=1S/C10H10N2O6/c1-6(13)4-10(14)8-3-2-7(11(15)16)5-9(8)12(17)18/h2-3,5,10,14H,4H2,1H3. The van der Waals surface area contributed by atoms with Crippen LogP contribution in [0.15, 0.2) is 18.2 Å². The highest BCUT2D eigenvalue weighted by atomic mass is 16.6. The largest absolute Gasteiger partial charge is 0.388 e. The van der Waals surface area contributed by atoms with Crippen LogP contribution in [-0.4, -0.2) is 20.7 Å². The summed E-state index contributed by atoms with van der Waals surface area (Å²) in [6.45, 7) is 1.24. The predicted octanol–water partition coefficient (Wildman–Crippen LogP) is 1.52. The number of carbonyl (C=O) groups excluding carboxylic acids is 1.